The number of benzene rings is 1. The number of carbonyl (C=O) groups excluding carboxylic acids is 1. The molecule has 0 radical (unpaired) electrons. The Kier molecular flexibility index (Phi) is 5.63. The molecule has 0 atom stereocenters. The lowest BCUT2D eigenvalue weighted by Crippen LogP contribution is -2.36. The Labute approximate surface area is 149 Å². The van der Waals surface area contributed by atoms with E-state index in [2.05, 4.69) is 20.8 Å². The number of urea groups is 1. The molecule has 0 fully saturated rings. The molecule has 8 heteroatoms. The second-order valence-corrected chi connectivity index (χ2v) is 6.11. The Bertz CT molecular complexity index is 817. The van der Waals surface area contributed by atoms with Gasteiger partial charge in [-0.25, -0.2) is 4.79 Å². The molecule has 3 aromatic rings. The molecule has 2 N–H and O–H groups in total. The molecular weight excluding hydrogens is 340 g/mol. The Hall–Kier alpha value is -2.87. The van der Waals surface area contributed by atoms with Crippen LogP contribution in [0.25, 0.3) is 10.7 Å². The van der Waals surface area contributed by atoms with Crippen molar-refractivity contribution < 1.29 is 14.1 Å². The van der Waals surface area contributed by atoms with Crippen molar-refractivity contribution >= 4 is 17.4 Å². The van der Waals surface area contributed by atoms with Crippen molar-refractivity contribution in [3.63, 3.8) is 0 Å². The third-order valence-corrected chi connectivity index (χ3v) is 4.35. The first-order valence-electron chi connectivity index (χ1n) is 7.76. The van der Waals surface area contributed by atoms with Crippen molar-refractivity contribution in [3.05, 3.63) is 53.2 Å². The van der Waals surface area contributed by atoms with E-state index in [1.165, 1.54) is 11.3 Å². The molecular formula is C17H18N4O3S. The van der Waals surface area contributed by atoms with Crippen molar-refractivity contribution in [3.8, 4) is 16.5 Å². The van der Waals surface area contributed by atoms with Crippen LogP contribution in [0, 0.1) is 0 Å². The maximum absolute atomic E-state index is 11.9. The van der Waals surface area contributed by atoms with Crippen molar-refractivity contribution in [2.45, 2.75) is 13.0 Å². The van der Waals surface area contributed by atoms with Gasteiger partial charge < -0.3 is 19.9 Å². The first-order valence-corrected chi connectivity index (χ1v) is 8.64. The fourth-order valence-corrected chi connectivity index (χ4v) is 2.92. The number of aromatic nitrogens is 2. The number of rotatable bonds is 7. The number of carbonyl (C=O) groups is 1. The highest BCUT2D eigenvalue weighted by molar-refractivity contribution is 7.13. The molecule has 25 heavy (non-hydrogen) atoms. The first kappa shape index (κ1) is 17.0. The fourth-order valence-electron chi connectivity index (χ4n) is 2.27. The van der Waals surface area contributed by atoms with Gasteiger partial charge >= 0.3 is 6.03 Å². The smallest absolute Gasteiger partial charge is 0.315 e. The molecule has 0 aliphatic heterocycles. The zero-order valence-corrected chi connectivity index (χ0v) is 14.5. The number of hydrogen-bond donors (Lipinski definition) is 2. The predicted molar refractivity (Wildman–Crippen MR) is 94.5 cm³/mol. The number of thiophene rings is 1. The van der Waals surface area contributed by atoms with Gasteiger partial charge in [-0.1, -0.05) is 29.4 Å². The number of ether oxygens (including phenoxy) is 1. The fraction of sp³-hybridized carbons (Fsp3) is 0.235. The van der Waals surface area contributed by atoms with Crippen molar-refractivity contribution in [1.29, 1.82) is 0 Å². The van der Waals surface area contributed by atoms with Gasteiger partial charge in [0.25, 0.3) is 0 Å². The largest absolute Gasteiger partial charge is 0.496 e. The van der Waals surface area contributed by atoms with Crippen LogP contribution in [0.3, 0.4) is 0 Å². The molecule has 0 spiro atoms. The molecule has 2 heterocycles. The maximum atomic E-state index is 11.9. The topological polar surface area (TPSA) is 89.3 Å². The Balaban J connectivity index is 1.42. The standard InChI is InChI=1S/C17H18N4O3S/c1-23-13-6-3-2-5-12(13)8-9-18-17(22)19-11-15-20-16(21-24-15)14-7-4-10-25-14/h2-7,10H,8-9,11H2,1H3,(H2,18,19,22). The van der Waals surface area contributed by atoms with Crippen LogP contribution in [0.15, 0.2) is 46.3 Å². The summed E-state index contributed by atoms with van der Waals surface area (Å²) in [5.41, 5.74) is 1.04. The van der Waals surface area contributed by atoms with E-state index in [1.807, 2.05) is 41.8 Å². The minimum Gasteiger partial charge on any atom is -0.496 e. The summed E-state index contributed by atoms with van der Waals surface area (Å²) in [5, 5.41) is 11.3. The Morgan fingerprint density at radius 3 is 2.92 bits per heavy atom. The lowest BCUT2D eigenvalue weighted by atomic mass is 10.1. The number of nitrogens with zero attached hydrogens (tertiary/aromatic N) is 2. The molecule has 2 aromatic heterocycles. The third-order valence-electron chi connectivity index (χ3n) is 3.48. The van der Waals surface area contributed by atoms with Crippen LogP contribution in [0.1, 0.15) is 11.5 Å². The van der Waals surface area contributed by atoms with Gasteiger partial charge in [-0.15, -0.1) is 11.3 Å². The highest BCUT2D eigenvalue weighted by Gasteiger charge is 2.10. The van der Waals surface area contributed by atoms with Crippen LogP contribution >= 0.6 is 11.3 Å². The highest BCUT2D eigenvalue weighted by Crippen LogP contribution is 2.21. The number of nitrogens with one attached hydrogen (secondary N) is 2. The van der Waals surface area contributed by atoms with E-state index in [-0.39, 0.29) is 12.6 Å². The second-order valence-electron chi connectivity index (χ2n) is 5.16. The lowest BCUT2D eigenvalue weighted by molar-refractivity contribution is 0.238. The summed E-state index contributed by atoms with van der Waals surface area (Å²) in [6.45, 7) is 0.676. The summed E-state index contributed by atoms with van der Waals surface area (Å²) in [6, 6.07) is 11.3. The first-order chi connectivity index (χ1) is 12.3. The minimum atomic E-state index is -0.286. The van der Waals surface area contributed by atoms with Gasteiger partial charge in [0.15, 0.2) is 0 Å². The van der Waals surface area contributed by atoms with E-state index in [1.54, 1.807) is 7.11 Å². The number of methoxy groups -OCH3 is 1. The van der Waals surface area contributed by atoms with Gasteiger partial charge in [0.2, 0.25) is 11.7 Å². The molecule has 2 amide bonds. The molecule has 0 aliphatic carbocycles. The van der Waals surface area contributed by atoms with Gasteiger partial charge in [0, 0.05) is 6.54 Å². The Morgan fingerprint density at radius 1 is 1.24 bits per heavy atom. The van der Waals surface area contributed by atoms with Gasteiger partial charge in [0.1, 0.15) is 5.75 Å². The minimum absolute atomic E-state index is 0.179. The quantitative estimate of drug-likeness (QED) is 0.678. The van der Waals surface area contributed by atoms with Gasteiger partial charge in [-0.3, -0.25) is 0 Å². The monoisotopic (exact) mass is 358 g/mol. The van der Waals surface area contributed by atoms with Crippen LogP contribution in [0.4, 0.5) is 4.79 Å². The molecule has 130 valence electrons. The van der Waals surface area contributed by atoms with E-state index in [0.717, 1.165) is 16.2 Å². The molecule has 0 saturated carbocycles. The molecule has 3 rings (SSSR count). The number of para-hydroxylation sites is 1. The average molecular weight is 358 g/mol. The predicted octanol–water partition coefficient (Wildman–Crippen LogP) is 2.85. The zero-order valence-electron chi connectivity index (χ0n) is 13.7. The van der Waals surface area contributed by atoms with E-state index >= 15 is 0 Å². The van der Waals surface area contributed by atoms with Gasteiger partial charge in [0.05, 0.1) is 18.5 Å². The summed E-state index contributed by atoms with van der Waals surface area (Å²) < 4.78 is 10.4. The van der Waals surface area contributed by atoms with E-state index < -0.39 is 0 Å². The van der Waals surface area contributed by atoms with Crippen molar-refractivity contribution in [2.24, 2.45) is 0 Å². The second kappa shape index (κ2) is 8.29. The maximum Gasteiger partial charge on any atom is 0.315 e. The molecule has 7 nitrogen and oxygen atoms in total. The van der Waals surface area contributed by atoms with Crippen molar-refractivity contribution in [1.82, 2.24) is 20.8 Å². The molecule has 0 bridgehead atoms. The zero-order chi connectivity index (χ0) is 17.5. The number of amides is 2. The molecule has 0 aliphatic rings. The van der Waals surface area contributed by atoms with Crippen molar-refractivity contribution in [2.75, 3.05) is 13.7 Å². The van der Waals surface area contributed by atoms with Crippen LogP contribution in [-0.4, -0.2) is 29.8 Å². The van der Waals surface area contributed by atoms with Crippen LogP contribution in [0.2, 0.25) is 0 Å². The lowest BCUT2D eigenvalue weighted by Gasteiger charge is -2.09. The highest BCUT2D eigenvalue weighted by atomic mass is 32.1. The third kappa shape index (κ3) is 4.57. The summed E-state index contributed by atoms with van der Waals surface area (Å²) >= 11 is 1.53. The van der Waals surface area contributed by atoms with E-state index in [9.17, 15) is 4.79 Å². The van der Waals surface area contributed by atoms with Gasteiger partial charge in [-0.05, 0) is 29.5 Å². The molecule has 0 saturated heterocycles. The van der Waals surface area contributed by atoms with E-state index in [0.29, 0.717) is 24.7 Å². The van der Waals surface area contributed by atoms with Crippen LogP contribution in [-0.2, 0) is 13.0 Å². The number of hydrogen-bond acceptors (Lipinski definition) is 6. The normalized spacial score (nSPS) is 10.4. The van der Waals surface area contributed by atoms with Crippen LogP contribution < -0.4 is 15.4 Å². The average Bonchev–Trinajstić information content (AvgIpc) is 3.32. The van der Waals surface area contributed by atoms with Crippen LogP contribution in [0.5, 0.6) is 5.75 Å². The molecule has 1 aromatic carbocycles. The van der Waals surface area contributed by atoms with Gasteiger partial charge in [-0.2, -0.15) is 4.98 Å². The summed E-state index contributed by atoms with van der Waals surface area (Å²) in [7, 11) is 1.63. The molecule has 0 unspecified atom stereocenters. The summed E-state index contributed by atoms with van der Waals surface area (Å²) in [4.78, 5) is 17.0. The summed E-state index contributed by atoms with van der Waals surface area (Å²) in [5.74, 6) is 1.71. The van der Waals surface area contributed by atoms with E-state index in [4.69, 9.17) is 9.26 Å². The Morgan fingerprint density at radius 2 is 2.12 bits per heavy atom. The SMILES string of the molecule is COc1ccccc1CCNC(=O)NCc1nc(-c2cccs2)no1. The summed E-state index contributed by atoms with van der Waals surface area (Å²) in [6.07, 6.45) is 0.681.